The number of rotatable bonds is 5. The zero-order valence-electron chi connectivity index (χ0n) is 12.6. The lowest BCUT2D eigenvalue weighted by Crippen LogP contribution is -2.38. The first-order valence-electron chi connectivity index (χ1n) is 7.56. The number of nitrogens with zero attached hydrogens (tertiary/aromatic N) is 2. The maximum absolute atomic E-state index is 13.7. The van der Waals surface area contributed by atoms with E-state index >= 15 is 0 Å². The highest BCUT2D eigenvalue weighted by Crippen LogP contribution is 2.16. The molecule has 1 aromatic carbocycles. The van der Waals surface area contributed by atoms with Crippen LogP contribution in [-0.4, -0.2) is 37.8 Å². The van der Waals surface area contributed by atoms with Gasteiger partial charge < -0.3 is 5.32 Å². The highest BCUT2D eigenvalue weighted by molar-refractivity contribution is 7.89. The lowest BCUT2D eigenvalue weighted by Gasteiger charge is -2.22. The second-order valence-corrected chi connectivity index (χ2v) is 7.40. The number of aromatic nitrogens is 2. The number of benzene rings is 1. The first-order valence-corrected chi connectivity index (χ1v) is 9.04. The van der Waals surface area contributed by atoms with Crippen LogP contribution in [0.5, 0.6) is 0 Å². The highest BCUT2D eigenvalue weighted by Gasteiger charge is 2.20. The number of hydrogen-bond donors (Lipinski definition) is 2. The Kier molecular flexibility index (Phi) is 4.74. The molecule has 1 aromatic heterocycles. The van der Waals surface area contributed by atoms with Crippen LogP contribution in [0.3, 0.4) is 0 Å². The van der Waals surface area contributed by atoms with Gasteiger partial charge in [0.05, 0.1) is 12.4 Å². The van der Waals surface area contributed by atoms with E-state index in [0.29, 0.717) is 12.5 Å². The van der Waals surface area contributed by atoms with Gasteiger partial charge in [-0.2, -0.15) is 5.10 Å². The summed E-state index contributed by atoms with van der Waals surface area (Å²) >= 11 is 0. The lowest BCUT2D eigenvalue weighted by atomic mass is 10.0. The minimum Gasteiger partial charge on any atom is -0.316 e. The summed E-state index contributed by atoms with van der Waals surface area (Å²) in [5.41, 5.74) is 0.213. The number of hydrogen-bond acceptors (Lipinski definition) is 4. The van der Waals surface area contributed by atoms with Gasteiger partial charge >= 0.3 is 0 Å². The number of halogens is 1. The van der Waals surface area contributed by atoms with E-state index in [0.717, 1.165) is 25.9 Å². The lowest BCUT2D eigenvalue weighted by molar-refractivity contribution is 0.376. The summed E-state index contributed by atoms with van der Waals surface area (Å²) in [4.78, 5) is 0.0320. The highest BCUT2D eigenvalue weighted by atomic mass is 32.2. The Morgan fingerprint density at radius 2 is 2.22 bits per heavy atom. The number of nitrogens with one attached hydrogen (secondary N) is 2. The van der Waals surface area contributed by atoms with Crippen LogP contribution in [-0.2, 0) is 10.0 Å². The Hall–Kier alpha value is -1.77. The summed E-state index contributed by atoms with van der Waals surface area (Å²) in [5.74, 6) is -0.166. The summed E-state index contributed by atoms with van der Waals surface area (Å²) in [5, 5.41) is 7.20. The van der Waals surface area contributed by atoms with Crippen LogP contribution in [0.15, 0.2) is 41.6 Å². The van der Waals surface area contributed by atoms with E-state index in [9.17, 15) is 12.8 Å². The molecular weight excluding hydrogens is 319 g/mol. The average molecular weight is 338 g/mol. The van der Waals surface area contributed by atoms with E-state index in [1.165, 1.54) is 23.1 Å². The van der Waals surface area contributed by atoms with Gasteiger partial charge in [0.1, 0.15) is 16.4 Å². The van der Waals surface area contributed by atoms with Gasteiger partial charge in [0, 0.05) is 6.54 Å². The molecule has 0 saturated carbocycles. The van der Waals surface area contributed by atoms with Crippen molar-refractivity contribution in [3.8, 4) is 5.69 Å². The standard InChI is InChI=1S/C15H19FN4O2S/c16-14-5-1-2-6-15(14)20-11-13(10-18-20)23(21,22)19-9-12-4-3-7-17-8-12/h1-2,5-6,10-12,17,19H,3-4,7-9H2/t12-/m1/s1. The van der Waals surface area contributed by atoms with Crippen molar-refractivity contribution in [1.29, 1.82) is 0 Å². The van der Waals surface area contributed by atoms with Crippen molar-refractivity contribution in [2.75, 3.05) is 19.6 Å². The molecule has 2 N–H and O–H groups in total. The van der Waals surface area contributed by atoms with Crippen molar-refractivity contribution >= 4 is 10.0 Å². The number of para-hydroxylation sites is 1. The first kappa shape index (κ1) is 16.1. The topological polar surface area (TPSA) is 76.0 Å². The van der Waals surface area contributed by atoms with Crippen molar-refractivity contribution in [2.45, 2.75) is 17.7 Å². The Labute approximate surface area is 134 Å². The van der Waals surface area contributed by atoms with Gasteiger partial charge in [0.15, 0.2) is 0 Å². The Morgan fingerprint density at radius 3 is 2.96 bits per heavy atom. The molecule has 0 bridgehead atoms. The van der Waals surface area contributed by atoms with Gasteiger partial charge in [-0.1, -0.05) is 12.1 Å². The summed E-state index contributed by atoms with van der Waals surface area (Å²) < 4.78 is 42.2. The van der Waals surface area contributed by atoms with E-state index in [-0.39, 0.29) is 10.6 Å². The van der Waals surface area contributed by atoms with Crippen LogP contribution in [0, 0.1) is 11.7 Å². The molecule has 23 heavy (non-hydrogen) atoms. The fraction of sp³-hybridized carbons (Fsp3) is 0.400. The molecule has 1 atom stereocenters. The van der Waals surface area contributed by atoms with E-state index in [2.05, 4.69) is 15.1 Å². The third-order valence-electron chi connectivity index (χ3n) is 3.93. The van der Waals surface area contributed by atoms with Gasteiger partial charge in [-0.05, 0) is 44.0 Å². The van der Waals surface area contributed by atoms with E-state index < -0.39 is 15.8 Å². The molecule has 0 radical (unpaired) electrons. The minimum atomic E-state index is -3.64. The summed E-state index contributed by atoms with van der Waals surface area (Å²) in [7, 11) is -3.64. The summed E-state index contributed by atoms with van der Waals surface area (Å²) in [6, 6.07) is 6.09. The molecular formula is C15H19FN4O2S. The van der Waals surface area contributed by atoms with Crippen LogP contribution in [0.4, 0.5) is 4.39 Å². The molecule has 0 spiro atoms. The zero-order chi connectivity index (χ0) is 16.3. The summed E-state index contributed by atoms with van der Waals surface area (Å²) in [6.45, 7) is 2.19. The summed E-state index contributed by atoms with van der Waals surface area (Å²) in [6.07, 6.45) is 4.61. The Morgan fingerprint density at radius 1 is 1.39 bits per heavy atom. The molecule has 124 valence electrons. The molecule has 0 unspecified atom stereocenters. The fourth-order valence-corrected chi connectivity index (χ4v) is 3.67. The molecule has 2 aromatic rings. The van der Waals surface area contributed by atoms with Gasteiger partial charge in [-0.15, -0.1) is 0 Å². The second-order valence-electron chi connectivity index (χ2n) is 5.64. The van der Waals surface area contributed by atoms with Crippen LogP contribution < -0.4 is 10.0 Å². The van der Waals surface area contributed by atoms with Crippen LogP contribution in [0.1, 0.15) is 12.8 Å². The second kappa shape index (κ2) is 6.77. The maximum atomic E-state index is 13.7. The van der Waals surface area contributed by atoms with Crippen molar-refractivity contribution in [2.24, 2.45) is 5.92 Å². The third kappa shape index (κ3) is 3.77. The molecule has 6 nitrogen and oxygen atoms in total. The SMILES string of the molecule is O=S(=O)(NC[C@@H]1CCCNC1)c1cnn(-c2ccccc2F)c1. The zero-order valence-corrected chi connectivity index (χ0v) is 13.4. The smallest absolute Gasteiger partial charge is 0.243 e. The predicted molar refractivity (Wildman–Crippen MR) is 84.3 cm³/mol. The molecule has 1 fully saturated rings. The van der Waals surface area contributed by atoms with Crippen molar-refractivity contribution in [3.05, 3.63) is 42.5 Å². The van der Waals surface area contributed by atoms with Gasteiger partial charge in [-0.25, -0.2) is 22.2 Å². The largest absolute Gasteiger partial charge is 0.316 e. The predicted octanol–water partition coefficient (Wildman–Crippen LogP) is 1.29. The third-order valence-corrected chi connectivity index (χ3v) is 5.31. The average Bonchev–Trinajstić information content (AvgIpc) is 3.05. The monoisotopic (exact) mass is 338 g/mol. The van der Waals surface area contributed by atoms with Crippen LogP contribution in [0.25, 0.3) is 5.69 Å². The van der Waals surface area contributed by atoms with Crippen molar-refractivity contribution in [1.82, 2.24) is 19.8 Å². The molecule has 0 amide bonds. The van der Waals surface area contributed by atoms with Gasteiger partial charge in [-0.3, -0.25) is 0 Å². The molecule has 1 saturated heterocycles. The molecule has 1 aliphatic heterocycles. The van der Waals surface area contributed by atoms with E-state index in [4.69, 9.17) is 0 Å². The van der Waals surface area contributed by atoms with Gasteiger partial charge in [0.2, 0.25) is 10.0 Å². The molecule has 0 aliphatic carbocycles. The molecule has 2 heterocycles. The van der Waals surface area contributed by atoms with E-state index in [1.807, 2.05) is 0 Å². The minimum absolute atomic E-state index is 0.0320. The Bertz CT molecular complexity index is 769. The molecule has 1 aliphatic rings. The molecule has 3 rings (SSSR count). The Balaban J connectivity index is 1.72. The van der Waals surface area contributed by atoms with Crippen molar-refractivity contribution < 1.29 is 12.8 Å². The fourth-order valence-electron chi connectivity index (χ4n) is 2.62. The first-order chi connectivity index (χ1) is 11.1. The normalized spacial score (nSPS) is 18.9. The quantitative estimate of drug-likeness (QED) is 0.861. The van der Waals surface area contributed by atoms with Gasteiger partial charge in [0.25, 0.3) is 0 Å². The molecule has 8 heteroatoms. The number of piperidine rings is 1. The van der Waals surface area contributed by atoms with Crippen LogP contribution in [0.2, 0.25) is 0 Å². The van der Waals surface area contributed by atoms with Crippen molar-refractivity contribution in [3.63, 3.8) is 0 Å². The maximum Gasteiger partial charge on any atom is 0.243 e. The van der Waals surface area contributed by atoms with E-state index in [1.54, 1.807) is 18.2 Å². The number of sulfonamides is 1. The van der Waals surface area contributed by atoms with Crippen LogP contribution >= 0.6 is 0 Å².